The number of aryl methyl sites for hydroxylation is 1. The molecule has 0 N–H and O–H groups in total. The average molecular weight is 167 g/mol. The lowest BCUT2D eigenvalue weighted by Crippen LogP contribution is -1.97. The highest BCUT2D eigenvalue weighted by Crippen LogP contribution is 1.89. The summed E-state index contributed by atoms with van der Waals surface area (Å²) in [4.78, 5) is 18.6. The fourth-order valence-electron chi connectivity index (χ4n) is 0.649. The molecule has 0 fully saturated rings. The van der Waals surface area contributed by atoms with Crippen molar-refractivity contribution in [2.24, 2.45) is 12.2 Å². The number of carbonyl (C=O) groups is 1. The van der Waals surface area contributed by atoms with Crippen molar-refractivity contribution >= 4 is 12.2 Å². The third-order valence-corrected chi connectivity index (χ3v) is 1.21. The molecule has 5 nitrogen and oxygen atoms in total. The van der Waals surface area contributed by atoms with E-state index in [1.807, 2.05) is 7.05 Å². The molecule has 0 aliphatic rings. The Morgan fingerprint density at radius 3 is 3.08 bits per heavy atom. The molecule has 1 heterocycles. The van der Waals surface area contributed by atoms with E-state index in [1.54, 1.807) is 17.0 Å². The lowest BCUT2D eigenvalue weighted by Gasteiger charge is -1.91. The third-order valence-electron chi connectivity index (χ3n) is 1.21. The van der Waals surface area contributed by atoms with Gasteiger partial charge in [0, 0.05) is 26.4 Å². The molecule has 0 radical (unpaired) electrons. The van der Waals surface area contributed by atoms with Gasteiger partial charge in [0.1, 0.15) is 6.21 Å². The fourth-order valence-corrected chi connectivity index (χ4v) is 0.649. The molecule has 0 spiro atoms. The SMILES string of the molecule is CC(=O)ON=Cc1nccn1C. The first-order valence-electron chi connectivity index (χ1n) is 3.38. The predicted octanol–water partition coefficient (Wildman–Crippen LogP) is 0.317. The highest BCUT2D eigenvalue weighted by atomic mass is 16.7. The minimum atomic E-state index is -0.444. The van der Waals surface area contributed by atoms with Crippen LogP contribution in [0.5, 0.6) is 0 Å². The predicted molar refractivity (Wildman–Crippen MR) is 42.6 cm³/mol. The van der Waals surface area contributed by atoms with Crippen molar-refractivity contribution in [2.75, 3.05) is 0 Å². The van der Waals surface area contributed by atoms with Gasteiger partial charge in [-0.05, 0) is 0 Å². The molecular weight excluding hydrogens is 158 g/mol. The van der Waals surface area contributed by atoms with E-state index >= 15 is 0 Å². The molecule has 12 heavy (non-hydrogen) atoms. The van der Waals surface area contributed by atoms with Crippen molar-refractivity contribution < 1.29 is 9.63 Å². The Hall–Kier alpha value is -1.65. The summed E-state index contributed by atoms with van der Waals surface area (Å²) in [5.74, 6) is 0.191. The summed E-state index contributed by atoms with van der Waals surface area (Å²) < 4.78 is 1.76. The second-order valence-corrected chi connectivity index (χ2v) is 2.21. The van der Waals surface area contributed by atoms with Crippen molar-refractivity contribution in [1.82, 2.24) is 9.55 Å². The summed E-state index contributed by atoms with van der Waals surface area (Å²) in [7, 11) is 1.82. The van der Waals surface area contributed by atoms with Crippen molar-refractivity contribution in [1.29, 1.82) is 0 Å². The van der Waals surface area contributed by atoms with E-state index in [4.69, 9.17) is 0 Å². The van der Waals surface area contributed by atoms with Crippen LogP contribution in [0.3, 0.4) is 0 Å². The van der Waals surface area contributed by atoms with Gasteiger partial charge in [0.15, 0.2) is 5.82 Å². The van der Waals surface area contributed by atoms with Crippen LogP contribution < -0.4 is 0 Å². The normalized spacial score (nSPS) is 10.5. The van der Waals surface area contributed by atoms with Crippen LogP contribution >= 0.6 is 0 Å². The minimum Gasteiger partial charge on any atom is -0.333 e. The van der Waals surface area contributed by atoms with Crippen LogP contribution in [0.1, 0.15) is 12.7 Å². The van der Waals surface area contributed by atoms with Crippen molar-refractivity contribution in [2.45, 2.75) is 6.92 Å². The Kier molecular flexibility index (Phi) is 2.57. The van der Waals surface area contributed by atoms with Crippen molar-refractivity contribution in [3.63, 3.8) is 0 Å². The van der Waals surface area contributed by atoms with E-state index in [-0.39, 0.29) is 0 Å². The van der Waals surface area contributed by atoms with E-state index in [0.29, 0.717) is 5.82 Å². The standard InChI is InChI=1S/C7H9N3O2/c1-6(11)12-9-5-7-8-3-4-10(7)2/h3-5H,1-2H3. The van der Waals surface area contributed by atoms with Crippen LogP contribution in [-0.2, 0) is 16.7 Å². The summed E-state index contributed by atoms with van der Waals surface area (Å²) in [5.41, 5.74) is 0. The Morgan fingerprint density at radius 2 is 2.58 bits per heavy atom. The molecule has 0 aromatic carbocycles. The monoisotopic (exact) mass is 167 g/mol. The molecule has 1 aromatic rings. The maximum Gasteiger partial charge on any atom is 0.331 e. The summed E-state index contributed by atoms with van der Waals surface area (Å²) in [5, 5.41) is 3.42. The number of rotatable bonds is 2. The number of carbonyl (C=O) groups excluding carboxylic acids is 1. The maximum absolute atomic E-state index is 10.3. The van der Waals surface area contributed by atoms with Crippen molar-refractivity contribution in [3.8, 4) is 0 Å². The van der Waals surface area contributed by atoms with E-state index in [2.05, 4.69) is 15.0 Å². The molecule has 1 rings (SSSR count). The molecule has 0 atom stereocenters. The number of hydrogen-bond donors (Lipinski definition) is 0. The van der Waals surface area contributed by atoms with Gasteiger partial charge >= 0.3 is 5.97 Å². The van der Waals surface area contributed by atoms with Crippen LogP contribution in [0.4, 0.5) is 0 Å². The minimum absolute atomic E-state index is 0.444. The lowest BCUT2D eigenvalue weighted by atomic mass is 10.7. The van der Waals surface area contributed by atoms with Crippen LogP contribution in [0.2, 0.25) is 0 Å². The van der Waals surface area contributed by atoms with E-state index < -0.39 is 5.97 Å². The van der Waals surface area contributed by atoms with Crippen molar-refractivity contribution in [3.05, 3.63) is 18.2 Å². The quantitative estimate of drug-likeness (QED) is 0.362. The number of nitrogens with zero attached hydrogens (tertiary/aromatic N) is 3. The molecule has 0 aliphatic carbocycles. The average Bonchev–Trinajstić information content (AvgIpc) is 2.36. The number of hydrogen-bond acceptors (Lipinski definition) is 4. The largest absolute Gasteiger partial charge is 0.333 e. The van der Waals surface area contributed by atoms with Gasteiger partial charge in [0.05, 0.1) is 0 Å². The Balaban J connectivity index is 2.57. The zero-order valence-electron chi connectivity index (χ0n) is 6.89. The first-order chi connectivity index (χ1) is 5.70. The van der Waals surface area contributed by atoms with Crippen LogP contribution in [0.15, 0.2) is 17.5 Å². The summed E-state index contributed by atoms with van der Waals surface area (Å²) >= 11 is 0. The number of imidazole rings is 1. The molecule has 1 aromatic heterocycles. The Labute approximate surface area is 69.7 Å². The number of aromatic nitrogens is 2. The topological polar surface area (TPSA) is 56.5 Å². The zero-order chi connectivity index (χ0) is 8.97. The van der Waals surface area contributed by atoms with Gasteiger partial charge in [-0.3, -0.25) is 0 Å². The third kappa shape index (κ3) is 2.19. The highest BCUT2D eigenvalue weighted by Gasteiger charge is 1.93. The molecule has 0 saturated heterocycles. The van der Waals surface area contributed by atoms with Crippen LogP contribution in [0, 0.1) is 0 Å². The van der Waals surface area contributed by atoms with Gasteiger partial charge in [0.2, 0.25) is 0 Å². The molecule has 0 bridgehead atoms. The second kappa shape index (κ2) is 3.66. The van der Waals surface area contributed by atoms with Crippen LogP contribution in [-0.4, -0.2) is 21.7 Å². The maximum atomic E-state index is 10.3. The molecule has 64 valence electrons. The summed E-state index contributed by atoms with van der Waals surface area (Å²) in [6.45, 7) is 1.29. The summed E-state index contributed by atoms with van der Waals surface area (Å²) in [6.07, 6.45) is 4.78. The van der Waals surface area contributed by atoms with E-state index in [9.17, 15) is 4.79 Å². The number of oxime groups is 1. The first kappa shape index (κ1) is 8.45. The first-order valence-corrected chi connectivity index (χ1v) is 3.38. The Bertz CT molecular complexity index is 303. The summed E-state index contributed by atoms with van der Waals surface area (Å²) in [6, 6.07) is 0. The van der Waals surface area contributed by atoms with Gasteiger partial charge in [-0.2, -0.15) is 0 Å². The van der Waals surface area contributed by atoms with Gasteiger partial charge in [-0.1, -0.05) is 5.16 Å². The molecule has 0 saturated carbocycles. The smallest absolute Gasteiger partial charge is 0.331 e. The second-order valence-electron chi connectivity index (χ2n) is 2.21. The molecule has 0 amide bonds. The fraction of sp³-hybridized carbons (Fsp3) is 0.286. The highest BCUT2D eigenvalue weighted by molar-refractivity contribution is 5.75. The lowest BCUT2D eigenvalue weighted by molar-refractivity contribution is -0.140. The zero-order valence-corrected chi connectivity index (χ0v) is 6.89. The molecule has 0 aliphatic heterocycles. The van der Waals surface area contributed by atoms with Gasteiger partial charge < -0.3 is 9.40 Å². The molecule has 5 heteroatoms. The van der Waals surface area contributed by atoms with Gasteiger partial charge in [-0.25, -0.2) is 9.78 Å². The van der Waals surface area contributed by atoms with Gasteiger partial charge in [0.25, 0.3) is 0 Å². The molecular formula is C7H9N3O2. The molecule has 0 unspecified atom stereocenters. The van der Waals surface area contributed by atoms with Crippen LogP contribution in [0.25, 0.3) is 0 Å². The van der Waals surface area contributed by atoms with E-state index in [0.717, 1.165) is 0 Å². The van der Waals surface area contributed by atoms with Gasteiger partial charge in [-0.15, -0.1) is 0 Å². The Morgan fingerprint density at radius 1 is 1.83 bits per heavy atom. The van der Waals surface area contributed by atoms with E-state index in [1.165, 1.54) is 13.1 Å².